The van der Waals surface area contributed by atoms with Gasteiger partial charge in [-0.1, -0.05) is 70.9 Å². The normalized spacial score (nSPS) is 24.4. The molecule has 0 aromatic rings. The molecule has 1 rings (SSSR count). The van der Waals surface area contributed by atoms with Crippen molar-refractivity contribution < 1.29 is 9.53 Å². The summed E-state index contributed by atoms with van der Waals surface area (Å²) >= 11 is 0. The van der Waals surface area contributed by atoms with Crippen molar-refractivity contribution in [3.8, 4) is 0 Å². The molecule has 0 aromatic carbocycles. The Morgan fingerprint density at radius 2 is 1.65 bits per heavy atom. The van der Waals surface area contributed by atoms with Crippen LogP contribution in [0.5, 0.6) is 0 Å². The second-order valence-corrected chi connectivity index (χ2v) is 7.62. The second-order valence-electron chi connectivity index (χ2n) is 7.62. The van der Waals surface area contributed by atoms with Gasteiger partial charge in [0.1, 0.15) is 6.10 Å². The van der Waals surface area contributed by atoms with Crippen LogP contribution in [0, 0.1) is 11.8 Å². The first-order valence-electron chi connectivity index (χ1n) is 9.89. The standard InChI is InChI=1S/C21H38O2/c1-5-6-7-8-9-10-11-12-13-21(22)23-20-16-18(4)14-15-19(20)17(2)3/h18-20H,2,5-16H2,1,3-4H3/t18-,19+,20-/m1/s1. The van der Waals surface area contributed by atoms with Gasteiger partial charge in [-0.3, -0.25) is 4.79 Å². The molecule has 0 spiro atoms. The number of carbonyl (C=O) groups is 1. The van der Waals surface area contributed by atoms with E-state index in [1.54, 1.807) is 0 Å². The van der Waals surface area contributed by atoms with Gasteiger partial charge in [0.05, 0.1) is 0 Å². The molecule has 0 saturated heterocycles. The summed E-state index contributed by atoms with van der Waals surface area (Å²) in [5.74, 6) is 1.03. The monoisotopic (exact) mass is 322 g/mol. The molecule has 0 bridgehead atoms. The van der Waals surface area contributed by atoms with E-state index in [-0.39, 0.29) is 12.1 Å². The van der Waals surface area contributed by atoms with Crippen LogP contribution in [0.1, 0.15) is 97.8 Å². The fraction of sp³-hybridized carbons (Fsp3) is 0.857. The SMILES string of the molecule is C=C(C)[C@@H]1CC[C@@H](C)C[C@H]1OC(=O)CCCCCCCCCC. The Hall–Kier alpha value is -0.790. The van der Waals surface area contributed by atoms with Crippen molar-refractivity contribution in [1.29, 1.82) is 0 Å². The van der Waals surface area contributed by atoms with Gasteiger partial charge in [-0.15, -0.1) is 0 Å². The lowest BCUT2D eigenvalue weighted by Crippen LogP contribution is -2.33. The number of rotatable bonds is 11. The highest BCUT2D eigenvalue weighted by molar-refractivity contribution is 5.69. The molecule has 0 aromatic heterocycles. The number of esters is 1. The third kappa shape index (κ3) is 8.58. The lowest BCUT2D eigenvalue weighted by Gasteiger charge is -2.34. The summed E-state index contributed by atoms with van der Waals surface area (Å²) in [4.78, 5) is 12.1. The summed E-state index contributed by atoms with van der Waals surface area (Å²) in [5.41, 5.74) is 1.17. The Balaban J connectivity index is 2.15. The molecular weight excluding hydrogens is 284 g/mol. The summed E-state index contributed by atoms with van der Waals surface area (Å²) in [7, 11) is 0. The first-order chi connectivity index (χ1) is 11.0. The van der Waals surface area contributed by atoms with Gasteiger partial charge in [-0.05, 0) is 38.5 Å². The maximum Gasteiger partial charge on any atom is 0.306 e. The zero-order chi connectivity index (χ0) is 17.1. The molecule has 1 saturated carbocycles. The number of unbranched alkanes of at least 4 members (excludes halogenated alkanes) is 7. The first-order valence-corrected chi connectivity index (χ1v) is 9.89. The van der Waals surface area contributed by atoms with E-state index in [1.807, 2.05) is 0 Å². The van der Waals surface area contributed by atoms with E-state index in [9.17, 15) is 4.79 Å². The number of carbonyl (C=O) groups excluding carboxylic acids is 1. The van der Waals surface area contributed by atoms with Gasteiger partial charge < -0.3 is 4.74 Å². The van der Waals surface area contributed by atoms with Crippen molar-refractivity contribution in [3.05, 3.63) is 12.2 Å². The Labute approximate surface area is 144 Å². The first kappa shape index (κ1) is 20.3. The largest absolute Gasteiger partial charge is 0.462 e. The maximum atomic E-state index is 12.1. The van der Waals surface area contributed by atoms with Crippen molar-refractivity contribution in [3.63, 3.8) is 0 Å². The molecule has 1 aliphatic rings. The van der Waals surface area contributed by atoms with Crippen LogP contribution in [0.2, 0.25) is 0 Å². The highest BCUT2D eigenvalue weighted by atomic mass is 16.5. The number of hydrogen-bond acceptors (Lipinski definition) is 2. The van der Waals surface area contributed by atoms with Gasteiger partial charge in [0.15, 0.2) is 0 Å². The van der Waals surface area contributed by atoms with E-state index in [4.69, 9.17) is 4.74 Å². The molecular formula is C21H38O2. The van der Waals surface area contributed by atoms with Crippen LogP contribution in [0.4, 0.5) is 0 Å². The molecule has 0 heterocycles. The summed E-state index contributed by atoms with van der Waals surface area (Å²) in [6, 6.07) is 0. The van der Waals surface area contributed by atoms with Crippen LogP contribution in [0.25, 0.3) is 0 Å². The number of hydrogen-bond donors (Lipinski definition) is 0. The average Bonchev–Trinajstić information content (AvgIpc) is 2.49. The molecule has 23 heavy (non-hydrogen) atoms. The zero-order valence-electron chi connectivity index (χ0n) is 15.7. The summed E-state index contributed by atoms with van der Waals surface area (Å²) < 4.78 is 5.80. The highest BCUT2D eigenvalue weighted by Gasteiger charge is 2.31. The number of ether oxygens (including phenoxy) is 1. The fourth-order valence-electron chi connectivity index (χ4n) is 3.65. The Morgan fingerprint density at radius 3 is 2.26 bits per heavy atom. The summed E-state index contributed by atoms with van der Waals surface area (Å²) in [6.07, 6.45) is 14.1. The average molecular weight is 323 g/mol. The third-order valence-corrected chi connectivity index (χ3v) is 5.20. The predicted molar refractivity (Wildman–Crippen MR) is 98.4 cm³/mol. The Kier molecular flexibility index (Phi) is 10.3. The topological polar surface area (TPSA) is 26.3 Å². The minimum Gasteiger partial charge on any atom is -0.462 e. The predicted octanol–water partition coefficient (Wildman–Crippen LogP) is 6.44. The van der Waals surface area contributed by atoms with Crippen LogP contribution in [0.15, 0.2) is 12.2 Å². The van der Waals surface area contributed by atoms with E-state index in [1.165, 1.54) is 50.5 Å². The third-order valence-electron chi connectivity index (χ3n) is 5.20. The molecule has 0 N–H and O–H groups in total. The van der Waals surface area contributed by atoms with Gasteiger partial charge >= 0.3 is 5.97 Å². The maximum absolute atomic E-state index is 12.1. The molecule has 2 heteroatoms. The van der Waals surface area contributed by atoms with Crippen LogP contribution in [-0.2, 0) is 9.53 Å². The fourth-order valence-corrected chi connectivity index (χ4v) is 3.65. The molecule has 0 aliphatic heterocycles. The smallest absolute Gasteiger partial charge is 0.306 e. The minimum atomic E-state index is 0.00123. The lowest BCUT2D eigenvalue weighted by molar-refractivity contribution is -0.153. The van der Waals surface area contributed by atoms with Crippen LogP contribution in [-0.4, -0.2) is 12.1 Å². The van der Waals surface area contributed by atoms with E-state index in [0.717, 1.165) is 25.7 Å². The van der Waals surface area contributed by atoms with Gasteiger partial charge in [0.25, 0.3) is 0 Å². The van der Waals surface area contributed by atoms with Gasteiger partial charge in [0.2, 0.25) is 0 Å². The van der Waals surface area contributed by atoms with Gasteiger partial charge in [-0.25, -0.2) is 0 Å². The van der Waals surface area contributed by atoms with Gasteiger partial charge in [0, 0.05) is 12.3 Å². The van der Waals surface area contributed by atoms with E-state index in [0.29, 0.717) is 18.3 Å². The highest BCUT2D eigenvalue weighted by Crippen LogP contribution is 2.34. The van der Waals surface area contributed by atoms with Crippen molar-refractivity contribution in [2.24, 2.45) is 11.8 Å². The van der Waals surface area contributed by atoms with Crippen molar-refractivity contribution >= 4 is 5.97 Å². The Bertz CT molecular complexity index is 348. The molecule has 0 radical (unpaired) electrons. The lowest BCUT2D eigenvalue weighted by atomic mass is 9.77. The molecule has 134 valence electrons. The van der Waals surface area contributed by atoms with E-state index < -0.39 is 0 Å². The van der Waals surface area contributed by atoms with Crippen LogP contribution >= 0.6 is 0 Å². The van der Waals surface area contributed by atoms with E-state index in [2.05, 4.69) is 27.4 Å². The molecule has 0 unspecified atom stereocenters. The summed E-state index contributed by atoms with van der Waals surface area (Å²) in [6.45, 7) is 10.7. The van der Waals surface area contributed by atoms with Crippen molar-refractivity contribution in [2.45, 2.75) is 104 Å². The summed E-state index contributed by atoms with van der Waals surface area (Å²) in [5, 5.41) is 0. The Morgan fingerprint density at radius 1 is 1.04 bits per heavy atom. The van der Waals surface area contributed by atoms with Crippen LogP contribution in [0.3, 0.4) is 0 Å². The molecule has 0 amide bonds. The zero-order valence-corrected chi connectivity index (χ0v) is 15.7. The van der Waals surface area contributed by atoms with Crippen molar-refractivity contribution in [2.75, 3.05) is 0 Å². The molecule has 3 atom stereocenters. The van der Waals surface area contributed by atoms with Gasteiger partial charge in [-0.2, -0.15) is 0 Å². The molecule has 2 nitrogen and oxygen atoms in total. The minimum absolute atomic E-state index is 0.00123. The molecule has 1 fully saturated rings. The van der Waals surface area contributed by atoms with E-state index >= 15 is 0 Å². The van der Waals surface area contributed by atoms with Crippen molar-refractivity contribution in [1.82, 2.24) is 0 Å². The second kappa shape index (κ2) is 11.7. The quantitative estimate of drug-likeness (QED) is 0.248. The molecule has 1 aliphatic carbocycles. The van der Waals surface area contributed by atoms with Crippen LogP contribution < -0.4 is 0 Å².